The van der Waals surface area contributed by atoms with E-state index in [1.165, 1.54) is 11.1 Å². The zero-order valence-electron chi connectivity index (χ0n) is 14.8. The summed E-state index contributed by atoms with van der Waals surface area (Å²) >= 11 is 0. The van der Waals surface area contributed by atoms with Crippen molar-refractivity contribution in [1.82, 2.24) is 0 Å². The minimum Gasteiger partial charge on any atom is -0.494 e. The zero-order valence-corrected chi connectivity index (χ0v) is 14.8. The summed E-state index contributed by atoms with van der Waals surface area (Å²) in [5.74, 6) is 1.68. The lowest BCUT2D eigenvalue weighted by atomic mass is 9.76. The SMILES string of the molecule is CCOC1=CC=C(C(C)(C)c2c#cc(OCC)cc2)CC(C)=C1. The monoisotopic (exact) mass is 310 g/mol. The first-order valence-corrected chi connectivity index (χ1v) is 8.26. The highest BCUT2D eigenvalue weighted by molar-refractivity contribution is 5.41. The molecule has 23 heavy (non-hydrogen) atoms. The molecule has 1 aliphatic rings. The Balaban J connectivity index is 2.29. The van der Waals surface area contributed by atoms with Gasteiger partial charge in [-0.1, -0.05) is 37.1 Å². The Hall–Kier alpha value is -2.14. The molecule has 2 nitrogen and oxygen atoms in total. The molecule has 0 heterocycles. The molecule has 2 heteroatoms. The highest BCUT2D eigenvalue weighted by atomic mass is 16.5. The molecule has 0 N–H and O–H groups in total. The van der Waals surface area contributed by atoms with Gasteiger partial charge in [-0.15, -0.1) is 0 Å². The summed E-state index contributed by atoms with van der Waals surface area (Å²) in [6.07, 6.45) is 7.30. The van der Waals surface area contributed by atoms with Gasteiger partial charge in [0.1, 0.15) is 5.76 Å². The fourth-order valence-electron chi connectivity index (χ4n) is 2.72. The fraction of sp³-hybridized carbons (Fsp3) is 0.429. The molecule has 0 spiro atoms. The molecule has 0 atom stereocenters. The standard InChI is InChI=1S/C21H26O2/c1-6-22-19-11-8-17(9-12-19)21(4,5)18-10-13-20(23-7-2)15-16(3)14-18/h8,10-11,13,15H,6-7,14H2,1-5H3. The third-order valence-electron chi connectivity index (χ3n) is 4.12. The van der Waals surface area contributed by atoms with Gasteiger partial charge in [0, 0.05) is 11.0 Å². The van der Waals surface area contributed by atoms with Gasteiger partial charge in [0.15, 0.2) is 5.75 Å². The van der Waals surface area contributed by atoms with Crippen LogP contribution in [0.15, 0.2) is 47.3 Å². The van der Waals surface area contributed by atoms with Crippen LogP contribution in [0.3, 0.4) is 0 Å². The van der Waals surface area contributed by atoms with Crippen molar-refractivity contribution in [3.8, 4) is 5.75 Å². The third kappa shape index (κ3) is 4.20. The quantitative estimate of drug-likeness (QED) is 0.722. The Bertz CT molecular complexity index is 616. The predicted molar refractivity (Wildman–Crippen MR) is 94.5 cm³/mol. The van der Waals surface area contributed by atoms with Crippen molar-refractivity contribution in [3.05, 3.63) is 65.0 Å². The molecule has 0 aromatic heterocycles. The minimum atomic E-state index is -0.117. The van der Waals surface area contributed by atoms with E-state index in [0.717, 1.165) is 23.5 Å². The lowest BCUT2D eigenvalue weighted by Gasteiger charge is -2.27. The van der Waals surface area contributed by atoms with E-state index in [9.17, 15) is 0 Å². The second kappa shape index (κ2) is 7.42. The maximum Gasteiger partial charge on any atom is 0.170 e. The van der Waals surface area contributed by atoms with E-state index in [2.05, 4.69) is 57.2 Å². The molecule has 1 aromatic carbocycles. The van der Waals surface area contributed by atoms with Gasteiger partial charge in [0.25, 0.3) is 0 Å². The van der Waals surface area contributed by atoms with E-state index < -0.39 is 0 Å². The maximum atomic E-state index is 5.65. The van der Waals surface area contributed by atoms with E-state index in [0.29, 0.717) is 13.2 Å². The molecule has 0 saturated heterocycles. The molecule has 0 unspecified atom stereocenters. The van der Waals surface area contributed by atoms with Gasteiger partial charge >= 0.3 is 0 Å². The van der Waals surface area contributed by atoms with Gasteiger partial charge in [-0.25, -0.2) is 0 Å². The first-order valence-electron chi connectivity index (χ1n) is 8.26. The van der Waals surface area contributed by atoms with Crippen molar-refractivity contribution in [2.24, 2.45) is 0 Å². The number of hydrogen-bond acceptors (Lipinski definition) is 2. The van der Waals surface area contributed by atoms with Gasteiger partial charge in [-0.2, -0.15) is 0 Å². The predicted octanol–water partition coefficient (Wildman–Crippen LogP) is 5.16. The van der Waals surface area contributed by atoms with Crippen molar-refractivity contribution < 1.29 is 9.47 Å². The molecule has 0 radical (unpaired) electrons. The van der Waals surface area contributed by atoms with Crippen LogP contribution < -0.4 is 4.74 Å². The highest BCUT2D eigenvalue weighted by Crippen LogP contribution is 2.36. The summed E-state index contributed by atoms with van der Waals surface area (Å²) in [5.41, 5.74) is 3.65. The molecular weight excluding hydrogens is 284 g/mol. The Morgan fingerprint density at radius 1 is 1.04 bits per heavy atom. The van der Waals surface area contributed by atoms with Crippen molar-refractivity contribution in [2.75, 3.05) is 13.2 Å². The minimum absolute atomic E-state index is 0.117. The normalized spacial score (nSPS) is 14.9. The van der Waals surface area contributed by atoms with Crippen LogP contribution in [0.25, 0.3) is 0 Å². The fourth-order valence-corrected chi connectivity index (χ4v) is 2.72. The molecular formula is C21H26O2. The summed E-state index contributed by atoms with van der Waals surface area (Å²) in [5, 5.41) is 0. The highest BCUT2D eigenvalue weighted by Gasteiger charge is 2.26. The summed E-state index contributed by atoms with van der Waals surface area (Å²) in [6.45, 7) is 11.9. The number of allylic oxidation sites excluding steroid dienone is 5. The molecule has 0 fully saturated rings. The zero-order chi connectivity index (χ0) is 16.9. The van der Waals surface area contributed by atoms with Crippen molar-refractivity contribution in [3.63, 3.8) is 0 Å². The van der Waals surface area contributed by atoms with Crippen LogP contribution in [0.4, 0.5) is 0 Å². The van der Waals surface area contributed by atoms with Gasteiger partial charge in [-0.05, 0) is 57.5 Å². The van der Waals surface area contributed by atoms with Crippen LogP contribution in [0.2, 0.25) is 0 Å². The molecule has 0 saturated carbocycles. The maximum absolute atomic E-state index is 5.65. The van der Waals surface area contributed by atoms with Gasteiger partial charge < -0.3 is 9.47 Å². The molecule has 122 valence electrons. The van der Waals surface area contributed by atoms with Crippen LogP contribution in [0, 0.1) is 12.1 Å². The lowest BCUT2D eigenvalue weighted by molar-refractivity contribution is 0.242. The Labute approximate surface area is 140 Å². The first-order chi connectivity index (χ1) is 11.0. The van der Waals surface area contributed by atoms with E-state index >= 15 is 0 Å². The molecule has 0 bridgehead atoms. The number of hydrogen-bond donors (Lipinski definition) is 0. The lowest BCUT2D eigenvalue weighted by Crippen LogP contribution is -2.20. The smallest absolute Gasteiger partial charge is 0.170 e. The molecule has 1 aliphatic carbocycles. The molecule has 0 aliphatic heterocycles. The van der Waals surface area contributed by atoms with Crippen molar-refractivity contribution >= 4 is 0 Å². The number of rotatable bonds is 6. The van der Waals surface area contributed by atoms with E-state index in [1.807, 2.05) is 19.9 Å². The topological polar surface area (TPSA) is 18.5 Å². The first kappa shape index (κ1) is 17.2. The van der Waals surface area contributed by atoms with Crippen LogP contribution in [0.1, 0.15) is 46.6 Å². The van der Waals surface area contributed by atoms with Gasteiger partial charge in [0.2, 0.25) is 0 Å². The largest absolute Gasteiger partial charge is 0.494 e. The molecule has 0 amide bonds. The van der Waals surface area contributed by atoms with E-state index in [-0.39, 0.29) is 5.41 Å². The van der Waals surface area contributed by atoms with Gasteiger partial charge in [-0.3, -0.25) is 0 Å². The average molecular weight is 310 g/mol. The summed E-state index contributed by atoms with van der Waals surface area (Å²) in [7, 11) is 0. The second-order valence-corrected chi connectivity index (χ2v) is 6.28. The Kier molecular flexibility index (Phi) is 5.55. The van der Waals surface area contributed by atoms with Crippen LogP contribution >= 0.6 is 0 Å². The van der Waals surface area contributed by atoms with E-state index in [4.69, 9.17) is 9.47 Å². The van der Waals surface area contributed by atoms with Crippen molar-refractivity contribution in [1.29, 1.82) is 0 Å². The molecule has 2 rings (SSSR count). The van der Waals surface area contributed by atoms with Crippen LogP contribution in [-0.2, 0) is 10.2 Å². The summed E-state index contributed by atoms with van der Waals surface area (Å²) in [4.78, 5) is 0. The van der Waals surface area contributed by atoms with Crippen molar-refractivity contribution in [2.45, 2.75) is 46.5 Å². The summed E-state index contributed by atoms with van der Waals surface area (Å²) < 4.78 is 11.1. The van der Waals surface area contributed by atoms with Crippen LogP contribution in [-0.4, -0.2) is 13.2 Å². The Morgan fingerprint density at radius 2 is 1.78 bits per heavy atom. The third-order valence-corrected chi connectivity index (χ3v) is 4.12. The second-order valence-electron chi connectivity index (χ2n) is 6.28. The van der Waals surface area contributed by atoms with Crippen LogP contribution in [0.5, 0.6) is 5.75 Å². The Morgan fingerprint density at radius 3 is 2.39 bits per heavy atom. The average Bonchev–Trinajstić information content (AvgIpc) is 2.70. The summed E-state index contributed by atoms with van der Waals surface area (Å²) in [6, 6.07) is 10.4. The number of ether oxygens (including phenoxy) is 2. The van der Waals surface area contributed by atoms with Gasteiger partial charge in [0.05, 0.1) is 13.2 Å². The molecule has 1 aromatic rings. The van der Waals surface area contributed by atoms with E-state index in [1.54, 1.807) is 0 Å².